The summed E-state index contributed by atoms with van der Waals surface area (Å²) in [4.78, 5) is 0. The third kappa shape index (κ3) is 1.62. The van der Waals surface area contributed by atoms with Gasteiger partial charge in [-0.2, -0.15) is 4.39 Å². The molecular weight excluding hydrogens is 217 g/mol. The maximum atomic E-state index is 13.4. The van der Waals surface area contributed by atoms with Crippen LogP contribution in [0, 0.1) is 17.5 Å². The zero-order valence-corrected chi connectivity index (χ0v) is 8.05. The van der Waals surface area contributed by atoms with E-state index in [0.29, 0.717) is 5.56 Å². The Bertz CT molecular complexity index is 524. The van der Waals surface area contributed by atoms with Gasteiger partial charge in [0.2, 0.25) is 5.82 Å². The van der Waals surface area contributed by atoms with Crippen LogP contribution in [0.3, 0.4) is 0 Å². The third-order valence-corrected chi connectivity index (χ3v) is 2.22. The van der Waals surface area contributed by atoms with Crippen LogP contribution in [0.2, 0.25) is 0 Å². The predicted octanol–water partition coefficient (Wildman–Crippen LogP) is 3.48. The van der Waals surface area contributed by atoms with Gasteiger partial charge in [-0.15, -0.1) is 0 Å². The number of phenolic OH excluding ortho intramolecular Hbond substituents is 1. The van der Waals surface area contributed by atoms with Crippen LogP contribution in [0.25, 0.3) is 11.1 Å². The summed E-state index contributed by atoms with van der Waals surface area (Å²) in [7, 11) is 0. The SMILES string of the molecule is Oc1c(F)cc(-c2ccccc2)c(F)c1F. The van der Waals surface area contributed by atoms with Crippen molar-refractivity contribution in [1.29, 1.82) is 0 Å². The van der Waals surface area contributed by atoms with Crippen molar-refractivity contribution in [3.05, 3.63) is 53.8 Å². The average Bonchev–Trinajstić information content (AvgIpc) is 2.32. The first kappa shape index (κ1) is 10.5. The van der Waals surface area contributed by atoms with Crippen LogP contribution in [0.4, 0.5) is 13.2 Å². The molecule has 0 saturated carbocycles. The Morgan fingerprint density at radius 1 is 0.875 bits per heavy atom. The van der Waals surface area contributed by atoms with Crippen molar-refractivity contribution in [1.82, 2.24) is 0 Å². The lowest BCUT2D eigenvalue weighted by Gasteiger charge is -2.06. The predicted molar refractivity (Wildman–Crippen MR) is 53.4 cm³/mol. The Morgan fingerprint density at radius 2 is 1.50 bits per heavy atom. The molecule has 2 aromatic carbocycles. The molecule has 0 bridgehead atoms. The summed E-state index contributed by atoms with van der Waals surface area (Å²) in [6.45, 7) is 0. The number of hydrogen-bond acceptors (Lipinski definition) is 1. The molecule has 2 aromatic rings. The monoisotopic (exact) mass is 224 g/mol. The molecule has 0 spiro atoms. The van der Waals surface area contributed by atoms with Crippen LogP contribution in [0.5, 0.6) is 5.75 Å². The molecule has 0 fully saturated rings. The molecule has 2 rings (SSSR count). The van der Waals surface area contributed by atoms with Gasteiger partial charge in [-0.1, -0.05) is 30.3 Å². The second-order valence-corrected chi connectivity index (χ2v) is 3.25. The van der Waals surface area contributed by atoms with Gasteiger partial charge in [0.25, 0.3) is 0 Å². The van der Waals surface area contributed by atoms with Gasteiger partial charge in [0.05, 0.1) is 0 Å². The van der Waals surface area contributed by atoms with E-state index in [9.17, 15) is 13.2 Å². The molecule has 0 radical (unpaired) electrons. The molecule has 0 atom stereocenters. The summed E-state index contributed by atoms with van der Waals surface area (Å²) in [5, 5.41) is 8.87. The maximum absolute atomic E-state index is 13.4. The first-order valence-electron chi connectivity index (χ1n) is 4.53. The van der Waals surface area contributed by atoms with Gasteiger partial charge >= 0.3 is 0 Å². The highest BCUT2D eigenvalue weighted by atomic mass is 19.2. The minimum absolute atomic E-state index is 0.214. The van der Waals surface area contributed by atoms with E-state index in [4.69, 9.17) is 5.11 Å². The fraction of sp³-hybridized carbons (Fsp3) is 0. The molecule has 0 heterocycles. The zero-order valence-electron chi connectivity index (χ0n) is 8.05. The van der Waals surface area contributed by atoms with E-state index < -0.39 is 23.2 Å². The number of halogens is 3. The van der Waals surface area contributed by atoms with Gasteiger partial charge in [0, 0.05) is 5.56 Å². The number of hydrogen-bond donors (Lipinski definition) is 1. The topological polar surface area (TPSA) is 20.2 Å². The molecule has 4 heteroatoms. The fourth-order valence-electron chi connectivity index (χ4n) is 1.41. The first-order valence-corrected chi connectivity index (χ1v) is 4.53. The summed E-state index contributed by atoms with van der Waals surface area (Å²) in [6, 6.07) is 8.76. The molecule has 16 heavy (non-hydrogen) atoms. The van der Waals surface area contributed by atoms with Crippen molar-refractivity contribution in [3.8, 4) is 16.9 Å². The molecule has 0 aliphatic heterocycles. The Kier molecular flexibility index (Phi) is 2.56. The summed E-state index contributed by atoms with van der Waals surface area (Å²) < 4.78 is 39.5. The van der Waals surface area contributed by atoms with Crippen LogP contribution >= 0.6 is 0 Å². The summed E-state index contributed by atoms with van der Waals surface area (Å²) in [6.07, 6.45) is 0. The van der Waals surface area contributed by atoms with Crippen molar-refractivity contribution in [2.24, 2.45) is 0 Å². The van der Waals surface area contributed by atoms with E-state index >= 15 is 0 Å². The van der Waals surface area contributed by atoms with Gasteiger partial charge in [-0.25, -0.2) is 8.78 Å². The zero-order chi connectivity index (χ0) is 11.7. The Morgan fingerprint density at radius 3 is 2.12 bits per heavy atom. The van der Waals surface area contributed by atoms with Crippen LogP contribution in [-0.2, 0) is 0 Å². The van der Waals surface area contributed by atoms with Crippen LogP contribution in [-0.4, -0.2) is 5.11 Å². The molecule has 1 N–H and O–H groups in total. The van der Waals surface area contributed by atoms with E-state index in [2.05, 4.69) is 0 Å². The molecule has 0 saturated heterocycles. The lowest BCUT2D eigenvalue weighted by molar-refractivity contribution is 0.377. The lowest BCUT2D eigenvalue weighted by atomic mass is 10.0. The van der Waals surface area contributed by atoms with Crippen molar-refractivity contribution >= 4 is 0 Å². The summed E-state index contributed by atoms with van der Waals surface area (Å²) in [5.74, 6) is -5.31. The van der Waals surface area contributed by atoms with Gasteiger partial charge in [0.15, 0.2) is 17.4 Å². The third-order valence-electron chi connectivity index (χ3n) is 2.22. The van der Waals surface area contributed by atoms with E-state index in [-0.39, 0.29) is 5.56 Å². The normalized spacial score (nSPS) is 10.4. The molecule has 0 aliphatic carbocycles. The Hall–Kier alpha value is -1.97. The molecule has 0 amide bonds. The summed E-state index contributed by atoms with van der Waals surface area (Å²) >= 11 is 0. The van der Waals surface area contributed by atoms with Crippen molar-refractivity contribution in [3.63, 3.8) is 0 Å². The van der Waals surface area contributed by atoms with Gasteiger partial charge < -0.3 is 5.11 Å². The minimum Gasteiger partial charge on any atom is -0.503 e. The van der Waals surface area contributed by atoms with Gasteiger partial charge in [-0.05, 0) is 11.6 Å². The highest BCUT2D eigenvalue weighted by molar-refractivity contribution is 5.65. The smallest absolute Gasteiger partial charge is 0.204 e. The van der Waals surface area contributed by atoms with Crippen LogP contribution in [0.15, 0.2) is 36.4 Å². The molecule has 0 aromatic heterocycles. The molecule has 0 aliphatic rings. The van der Waals surface area contributed by atoms with E-state index in [1.807, 2.05) is 0 Å². The number of rotatable bonds is 1. The van der Waals surface area contributed by atoms with Crippen molar-refractivity contribution in [2.45, 2.75) is 0 Å². The highest BCUT2D eigenvalue weighted by Crippen LogP contribution is 2.31. The maximum Gasteiger partial charge on any atom is 0.204 e. The standard InChI is InChI=1S/C12H7F3O/c13-9-6-8(7-4-2-1-3-5-7)10(14)11(15)12(9)16/h1-6,16H. The average molecular weight is 224 g/mol. The second kappa shape index (κ2) is 3.89. The van der Waals surface area contributed by atoms with Crippen LogP contribution in [0.1, 0.15) is 0 Å². The molecule has 82 valence electrons. The van der Waals surface area contributed by atoms with Gasteiger partial charge in [0.1, 0.15) is 0 Å². The number of phenols is 1. The van der Waals surface area contributed by atoms with E-state index in [1.165, 1.54) is 12.1 Å². The minimum atomic E-state index is -1.57. The van der Waals surface area contributed by atoms with Crippen molar-refractivity contribution in [2.75, 3.05) is 0 Å². The molecule has 1 nitrogen and oxygen atoms in total. The van der Waals surface area contributed by atoms with E-state index in [0.717, 1.165) is 6.07 Å². The second-order valence-electron chi connectivity index (χ2n) is 3.25. The first-order chi connectivity index (χ1) is 7.61. The lowest BCUT2D eigenvalue weighted by Crippen LogP contribution is -1.93. The van der Waals surface area contributed by atoms with Crippen LogP contribution < -0.4 is 0 Å². The largest absolute Gasteiger partial charge is 0.503 e. The van der Waals surface area contributed by atoms with E-state index in [1.54, 1.807) is 18.2 Å². The molecular formula is C12H7F3O. The Labute approximate surface area is 89.8 Å². The number of benzene rings is 2. The fourth-order valence-corrected chi connectivity index (χ4v) is 1.41. The number of aromatic hydroxyl groups is 1. The highest BCUT2D eigenvalue weighted by Gasteiger charge is 2.18. The summed E-state index contributed by atoms with van der Waals surface area (Å²) in [5.41, 5.74) is 0.131. The van der Waals surface area contributed by atoms with Crippen molar-refractivity contribution < 1.29 is 18.3 Å². The Balaban J connectivity index is 2.68. The van der Waals surface area contributed by atoms with Gasteiger partial charge in [-0.3, -0.25) is 0 Å². The molecule has 0 unspecified atom stereocenters. The quantitative estimate of drug-likeness (QED) is 0.735.